The van der Waals surface area contributed by atoms with E-state index in [-0.39, 0.29) is 5.91 Å². The van der Waals surface area contributed by atoms with Crippen LogP contribution in [0.25, 0.3) is 0 Å². The number of benzene rings is 1. The van der Waals surface area contributed by atoms with Gasteiger partial charge in [0.15, 0.2) is 0 Å². The first-order valence-corrected chi connectivity index (χ1v) is 5.91. The molecule has 17 heavy (non-hydrogen) atoms. The summed E-state index contributed by atoms with van der Waals surface area (Å²) in [6.07, 6.45) is 3.98. The molecule has 0 aromatic heterocycles. The molecule has 1 fully saturated rings. The molecule has 0 radical (unpaired) electrons. The van der Waals surface area contributed by atoms with Gasteiger partial charge < -0.3 is 15.4 Å². The number of carbonyl (C=O) groups is 1. The third kappa shape index (κ3) is 3.08. The lowest BCUT2D eigenvalue weighted by Crippen LogP contribution is -2.33. The van der Waals surface area contributed by atoms with Crippen molar-refractivity contribution in [2.45, 2.75) is 25.7 Å². The van der Waals surface area contributed by atoms with Gasteiger partial charge in [-0.2, -0.15) is 0 Å². The maximum Gasteiger partial charge on any atom is 0.490 e. The zero-order chi connectivity index (χ0) is 12.3. The minimum atomic E-state index is -1.56. The van der Waals surface area contributed by atoms with E-state index in [4.69, 9.17) is 10.0 Å². The van der Waals surface area contributed by atoms with Gasteiger partial charge in [-0.1, -0.05) is 24.6 Å². The number of hydrogen-bond acceptors (Lipinski definition) is 3. The average molecular weight is 233 g/mol. The monoisotopic (exact) mass is 233 g/mol. The minimum absolute atomic E-state index is 0.0530. The lowest BCUT2D eigenvalue weighted by atomic mass is 9.79. The van der Waals surface area contributed by atoms with Gasteiger partial charge in [0.2, 0.25) is 5.91 Å². The van der Waals surface area contributed by atoms with E-state index in [9.17, 15) is 4.79 Å². The average Bonchev–Trinajstić information content (AvgIpc) is 2.24. The molecule has 0 aliphatic heterocycles. The summed E-state index contributed by atoms with van der Waals surface area (Å²) in [5, 5.41) is 21.1. The fourth-order valence-electron chi connectivity index (χ4n) is 2.00. The lowest BCUT2D eigenvalue weighted by molar-refractivity contribution is -0.117. The Hall–Kier alpha value is -1.33. The maximum absolute atomic E-state index is 11.7. The van der Waals surface area contributed by atoms with Crippen LogP contribution in [-0.2, 0) is 4.79 Å². The maximum atomic E-state index is 11.7. The van der Waals surface area contributed by atoms with E-state index < -0.39 is 7.12 Å². The van der Waals surface area contributed by atoms with Crippen LogP contribution in [0, 0.1) is 5.92 Å². The summed E-state index contributed by atoms with van der Waals surface area (Å²) in [4.78, 5) is 11.7. The largest absolute Gasteiger partial charge is 0.490 e. The van der Waals surface area contributed by atoms with E-state index in [1.807, 2.05) is 0 Å². The number of hydrogen-bond donors (Lipinski definition) is 3. The summed E-state index contributed by atoms with van der Waals surface area (Å²) >= 11 is 0. The summed E-state index contributed by atoms with van der Waals surface area (Å²) in [7, 11) is -1.56. The van der Waals surface area contributed by atoms with E-state index in [0.717, 1.165) is 12.8 Å². The topological polar surface area (TPSA) is 69.6 Å². The van der Waals surface area contributed by atoms with E-state index in [1.54, 1.807) is 24.3 Å². The highest BCUT2D eigenvalue weighted by Crippen LogP contribution is 2.29. The van der Waals surface area contributed by atoms with Gasteiger partial charge in [-0.25, -0.2) is 0 Å². The molecule has 1 amide bonds. The molecule has 0 heterocycles. The molecule has 0 bridgehead atoms. The van der Waals surface area contributed by atoms with Crippen molar-refractivity contribution in [3.8, 4) is 0 Å². The molecule has 1 aliphatic carbocycles. The Balaban J connectivity index is 1.99. The van der Waals surface area contributed by atoms with E-state index in [1.165, 1.54) is 6.42 Å². The van der Waals surface area contributed by atoms with Crippen molar-refractivity contribution in [3.05, 3.63) is 24.3 Å². The number of carbonyl (C=O) groups excluding carboxylic acids is 1. The van der Waals surface area contributed by atoms with Crippen molar-refractivity contribution < 1.29 is 14.8 Å². The zero-order valence-electron chi connectivity index (χ0n) is 9.60. The first-order valence-electron chi connectivity index (χ1n) is 5.91. The molecule has 2 rings (SSSR count). The summed E-state index contributed by atoms with van der Waals surface area (Å²) in [6.45, 7) is 0. The fourth-order valence-corrected chi connectivity index (χ4v) is 2.00. The van der Waals surface area contributed by atoms with E-state index in [0.29, 0.717) is 23.5 Å². The number of amides is 1. The normalized spacial score (nSPS) is 15.2. The molecule has 1 aliphatic rings. The number of anilines is 1. The van der Waals surface area contributed by atoms with E-state index >= 15 is 0 Å². The smallest absolute Gasteiger partial charge is 0.423 e. The molecule has 0 atom stereocenters. The van der Waals surface area contributed by atoms with Gasteiger partial charge in [-0.05, 0) is 24.8 Å². The SMILES string of the molecule is O=C(CC1CCC1)Nc1ccccc1B(O)O. The van der Waals surface area contributed by atoms with Gasteiger partial charge >= 0.3 is 7.12 Å². The Bertz CT molecular complexity index is 404. The second kappa shape index (κ2) is 5.34. The van der Waals surface area contributed by atoms with Gasteiger partial charge in [-0.15, -0.1) is 0 Å². The van der Waals surface area contributed by atoms with E-state index in [2.05, 4.69) is 5.32 Å². The molecule has 1 aromatic carbocycles. The van der Waals surface area contributed by atoms with Crippen LogP contribution in [0.1, 0.15) is 25.7 Å². The van der Waals surface area contributed by atoms with Crippen LogP contribution in [0.2, 0.25) is 0 Å². The van der Waals surface area contributed by atoms with Crippen LogP contribution in [0.15, 0.2) is 24.3 Å². The van der Waals surface area contributed by atoms with Gasteiger partial charge in [-0.3, -0.25) is 4.79 Å². The second-order valence-electron chi connectivity index (χ2n) is 4.51. The van der Waals surface area contributed by atoms with Crippen molar-refractivity contribution in [2.24, 2.45) is 5.92 Å². The fraction of sp³-hybridized carbons (Fsp3) is 0.417. The number of rotatable bonds is 4. The van der Waals surface area contributed by atoms with Gasteiger partial charge in [0.25, 0.3) is 0 Å². The Morgan fingerprint density at radius 2 is 2.06 bits per heavy atom. The molecule has 0 saturated heterocycles. The highest BCUT2D eigenvalue weighted by molar-refractivity contribution is 6.60. The Morgan fingerprint density at radius 3 is 2.65 bits per heavy atom. The molecule has 3 N–H and O–H groups in total. The summed E-state index contributed by atoms with van der Waals surface area (Å²) in [5.41, 5.74) is 0.807. The molecular formula is C12H16BNO3. The first kappa shape index (κ1) is 12.1. The van der Waals surface area contributed by atoms with Crippen LogP contribution >= 0.6 is 0 Å². The highest BCUT2D eigenvalue weighted by Gasteiger charge is 2.22. The van der Waals surface area contributed by atoms with Crippen molar-refractivity contribution in [3.63, 3.8) is 0 Å². The summed E-state index contributed by atoms with van der Waals surface area (Å²) < 4.78 is 0. The van der Waals surface area contributed by atoms with Gasteiger partial charge in [0, 0.05) is 17.6 Å². The summed E-state index contributed by atoms with van der Waals surface area (Å²) in [6, 6.07) is 6.72. The molecule has 90 valence electrons. The number of para-hydroxylation sites is 1. The first-order chi connectivity index (χ1) is 8.16. The van der Waals surface area contributed by atoms with Crippen LogP contribution in [0.3, 0.4) is 0 Å². The zero-order valence-corrected chi connectivity index (χ0v) is 9.60. The van der Waals surface area contributed by atoms with Crippen molar-refractivity contribution in [1.82, 2.24) is 0 Å². The lowest BCUT2D eigenvalue weighted by Gasteiger charge is -2.24. The van der Waals surface area contributed by atoms with Crippen LogP contribution in [-0.4, -0.2) is 23.1 Å². The van der Waals surface area contributed by atoms with Crippen molar-refractivity contribution >= 4 is 24.2 Å². The summed E-state index contributed by atoms with van der Waals surface area (Å²) in [5.74, 6) is 0.448. The Morgan fingerprint density at radius 1 is 1.35 bits per heavy atom. The molecule has 1 aromatic rings. The Labute approximate surface area is 101 Å². The second-order valence-corrected chi connectivity index (χ2v) is 4.51. The predicted octanol–water partition coefficient (Wildman–Crippen LogP) is 0.495. The quantitative estimate of drug-likeness (QED) is 0.663. The standard InChI is InChI=1S/C12H16BNO3/c15-12(8-9-4-3-5-9)14-11-7-2-1-6-10(11)13(16)17/h1-2,6-7,9,16-17H,3-5,8H2,(H,14,15). The highest BCUT2D eigenvalue weighted by atomic mass is 16.4. The molecule has 4 nitrogen and oxygen atoms in total. The minimum Gasteiger partial charge on any atom is -0.423 e. The van der Waals surface area contributed by atoms with Gasteiger partial charge in [0.05, 0.1) is 0 Å². The molecule has 0 spiro atoms. The molecule has 5 heteroatoms. The number of nitrogens with one attached hydrogen (secondary N) is 1. The third-order valence-electron chi connectivity index (χ3n) is 3.21. The molecular weight excluding hydrogens is 217 g/mol. The van der Waals surface area contributed by atoms with Crippen LogP contribution < -0.4 is 10.8 Å². The molecule has 0 unspecified atom stereocenters. The van der Waals surface area contributed by atoms with Crippen molar-refractivity contribution in [1.29, 1.82) is 0 Å². The molecule has 1 saturated carbocycles. The van der Waals surface area contributed by atoms with Crippen molar-refractivity contribution in [2.75, 3.05) is 5.32 Å². The third-order valence-corrected chi connectivity index (χ3v) is 3.21. The van der Waals surface area contributed by atoms with Crippen LogP contribution in [0.5, 0.6) is 0 Å². The Kier molecular flexibility index (Phi) is 3.81. The van der Waals surface area contributed by atoms with Gasteiger partial charge in [0.1, 0.15) is 0 Å². The predicted molar refractivity (Wildman–Crippen MR) is 66.9 cm³/mol. The van der Waals surface area contributed by atoms with Crippen LogP contribution in [0.4, 0.5) is 5.69 Å².